The average molecular weight is 232 g/mol. The van der Waals surface area contributed by atoms with Crippen LogP contribution in [0.5, 0.6) is 5.75 Å². The highest BCUT2D eigenvalue weighted by molar-refractivity contribution is 5.95. The van der Waals surface area contributed by atoms with Crippen LogP contribution >= 0.6 is 0 Å². The van der Waals surface area contributed by atoms with Crippen molar-refractivity contribution < 1.29 is 9.53 Å². The lowest BCUT2D eigenvalue weighted by atomic mass is 10.1. The average Bonchev–Trinajstić information content (AvgIpc) is 2.32. The minimum atomic E-state index is -0.208. The standard InChI is InChI=1S/C13H16N2O2/c1-9-10(2)12(17-4)6-5-11(9)15(3)13(16)7-8-14/h5-6H,7H2,1-4H3. The van der Waals surface area contributed by atoms with Crippen molar-refractivity contribution in [3.05, 3.63) is 23.3 Å². The fourth-order valence-corrected chi connectivity index (χ4v) is 1.69. The predicted octanol–water partition coefficient (Wildman–Crippen LogP) is 2.19. The van der Waals surface area contributed by atoms with Crippen LogP contribution in [0.3, 0.4) is 0 Å². The van der Waals surface area contributed by atoms with Crippen LogP contribution in [-0.2, 0) is 4.79 Å². The van der Waals surface area contributed by atoms with Crippen molar-refractivity contribution in [2.24, 2.45) is 0 Å². The number of nitrogens with zero attached hydrogens (tertiary/aromatic N) is 2. The molecule has 1 aromatic carbocycles. The van der Waals surface area contributed by atoms with Crippen LogP contribution in [0.15, 0.2) is 12.1 Å². The third kappa shape index (κ3) is 2.56. The van der Waals surface area contributed by atoms with Crippen LogP contribution in [0.2, 0.25) is 0 Å². The smallest absolute Gasteiger partial charge is 0.240 e. The Labute approximate surface area is 101 Å². The first kappa shape index (κ1) is 13.0. The monoisotopic (exact) mass is 232 g/mol. The van der Waals surface area contributed by atoms with Crippen LogP contribution in [0, 0.1) is 25.2 Å². The number of hydrogen-bond acceptors (Lipinski definition) is 3. The maximum atomic E-state index is 11.6. The molecule has 0 N–H and O–H groups in total. The molecule has 0 bridgehead atoms. The van der Waals surface area contributed by atoms with E-state index >= 15 is 0 Å². The van der Waals surface area contributed by atoms with E-state index < -0.39 is 0 Å². The quantitative estimate of drug-likeness (QED) is 0.802. The van der Waals surface area contributed by atoms with Gasteiger partial charge < -0.3 is 9.64 Å². The Morgan fingerprint density at radius 1 is 1.41 bits per heavy atom. The van der Waals surface area contributed by atoms with Gasteiger partial charge >= 0.3 is 0 Å². The normalized spacial score (nSPS) is 9.59. The van der Waals surface area contributed by atoms with Gasteiger partial charge in [-0.25, -0.2) is 0 Å². The van der Waals surface area contributed by atoms with E-state index in [0.29, 0.717) is 0 Å². The minimum absolute atomic E-state index is 0.110. The van der Waals surface area contributed by atoms with Crippen LogP contribution in [0.25, 0.3) is 0 Å². The molecule has 0 unspecified atom stereocenters. The lowest BCUT2D eigenvalue weighted by Crippen LogP contribution is -2.26. The SMILES string of the molecule is COc1ccc(N(C)C(=O)CC#N)c(C)c1C. The number of amides is 1. The van der Waals surface area contributed by atoms with E-state index in [9.17, 15) is 4.79 Å². The molecule has 0 atom stereocenters. The molecule has 0 spiro atoms. The van der Waals surface area contributed by atoms with Crippen molar-refractivity contribution in [1.29, 1.82) is 5.26 Å². The number of methoxy groups -OCH3 is 1. The Bertz CT molecular complexity index is 475. The maximum Gasteiger partial charge on any atom is 0.240 e. The zero-order valence-electron chi connectivity index (χ0n) is 10.6. The molecule has 1 amide bonds. The molecule has 0 heterocycles. The summed E-state index contributed by atoms with van der Waals surface area (Å²) >= 11 is 0. The number of carbonyl (C=O) groups is 1. The molecule has 0 saturated carbocycles. The second kappa shape index (κ2) is 5.35. The maximum absolute atomic E-state index is 11.6. The highest BCUT2D eigenvalue weighted by Gasteiger charge is 2.15. The Kier molecular flexibility index (Phi) is 4.11. The topological polar surface area (TPSA) is 53.3 Å². The van der Waals surface area contributed by atoms with E-state index in [0.717, 1.165) is 22.6 Å². The zero-order valence-corrected chi connectivity index (χ0v) is 10.6. The van der Waals surface area contributed by atoms with Crippen LogP contribution in [0.4, 0.5) is 5.69 Å². The number of carbonyl (C=O) groups excluding carboxylic acids is 1. The van der Waals surface area contributed by atoms with Gasteiger partial charge in [-0.05, 0) is 37.1 Å². The van der Waals surface area contributed by atoms with Gasteiger partial charge in [0, 0.05) is 12.7 Å². The summed E-state index contributed by atoms with van der Waals surface area (Å²) in [5.41, 5.74) is 2.79. The molecule has 17 heavy (non-hydrogen) atoms. The summed E-state index contributed by atoms with van der Waals surface area (Å²) in [6, 6.07) is 5.52. The fourth-order valence-electron chi connectivity index (χ4n) is 1.69. The highest BCUT2D eigenvalue weighted by Crippen LogP contribution is 2.29. The Hall–Kier alpha value is -2.02. The Morgan fingerprint density at radius 2 is 2.06 bits per heavy atom. The zero-order chi connectivity index (χ0) is 13.0. The van der Waals surface area contributed by atoms with Crippen LogP contribution in [-0.4, -0.2) is 20.1 Å². The van der Waals surface area contributed by atoms with Crippen LogP contribution in [0.1, 0.15) is 17.5 Å². The third-order valence-electron chi connectivity index (χ3n) is 2.89. The molecule has 0 aliphatic rings. The molecule has 0 saturated heterocycles. The lowest BCUT2D eigenvalue weighted by Gasteiger charge is -2.20. The van der Waals surface area contributed by atoms with Crippen molar-refractivity contribution in [3.8, 4) is 11.8 Å². The molecule has 0 radical (unpaired) electrons. The first-order valence-corrected chi connectivity index (χ1v) is 5.30. The lowest BCUT2D eigenvalue weighted by molar-refractivity contribution is -0.117. The second-order valence-electron chi connectivity index (χ2n) is 3.82. The fraction of sp³-hybridized carbons (Fsp3) is 0.385. The van der Waals surface area contributed by atoms with Gasteiger partial charge in [0.2, 0.25) is 5.91 Å². The van der Waals surface area contributed by atoms with E-state index in [1.165, 1.54) is 4.90 Å². The first-order valence-electron chi connectivity index (χ1n) is 5.30. The molecule has 0 fully saturated rings. The van der Waals surface area contributed by atoms with Gasteiger partial charge in [-0.2, -0.15) is 5.26 Å². The van der Waals surface area contributed by atoms with Gasteiger partial charge in [-0.15, -0.1) is 0 Å². The molecule has 1 rings (SSSR count). The number of hydrogen-bond donors (Lipinski definition) is 0. The molecule has 0 aliphatic carbocycles. The van der Waals surface area contributed by atoms with Gasteiger partial charge in [-0.3, -0.25) is 4.79 Å². The minimum Gasteiger partial charge on any atom is -0.496 e. The Morgan fingerprint density at radius 3 is 2.59 bits per heavy atom. The van der Waals surface area contributed by atoms with E-state index in [1.807, 2.05) is 32.0 Å². The van der Waals surface area contributed by atoms with E-state index in [4.69, 9.17) is 10.00 Å². The summed E-state index contributed by atoms with van der Waals surface area (Å²) < 4.78 is 5.21. The van der Waals surface area contributed by atoms with Crippen molar-refractivity contribution in [2.45, 2.75) is 20.3 Å². The largest absolute Gasteiger partial charge is 0.496 e. The number of rotatable bonds is 3. The molecule has 0 aromatic heterocycles. The summed E-state index contributed by atoms with van der Waals surface area (Å²) in [6.45, 7) is 3.88. The molecule has 90 valence electrons. The van der Waals surface area contributed by atoms with Gasteiger partial charge in [-0.1, -0.05) is 0 Å². The van der Waals surface area contributed by atoms with Crippen molar-refractivity contribution in [1.82, 2.24) is 0 Å². The summed E-state index contributed by atoms with van der Waals surface area (Å²) in [7, 11) is 3.29. The van der Waals surface area contributed by atoms with Crippen molar-refractivity contribution in [2.75, 3.05) is 19.1 Å². The van der Waals surface area contributed by atoms with Crippen molar-refractivity contribution in [3.63, 3.8) is 0 Å². The van der Waals surface area contributed by atoms with Gasteiger partial charge in [0.15, 0.2) is 0 Å². The molecule has 4 nitrogen and oxygen atoms in total. The number of anilines is 1. The molecular formula is C13H16N2O2. The molecule has 4 heteroatoms. The van der Waals surface area contributed by atoms with Gasteiger partial charge in [0.1, 0.15) is 12.2 Å². The van der Waals surface area contributed by atoms with E-state index in [1.54, 1.807) is 14.2 Å². The van der Waals surface area contributed by atoms with Crippen LogP contribution < -0.4 is 9.64 Å². The predicted molar refractivity (Wildman–Crippen MR) is 66.1 cm³/mol. The van der Waals surface area contributed by atoms with Gasteiger partial charge in [0.25, 0.3) is 0 Å². The Balaban J connectivity index is 3.12. The third-order valence-corrected chi connectivity index (χ3v) is 2.89. The summed E-state index contributed by atoms with van der Waals surface area (Å²) in [4.78, 5) is 13.1. The summed E-state index contributed by atoms with van der Waals surface area (Å²) in [6.07, 6.45) is -0.110. The summed E-state index contributed by atoms with van der Waals surface area (Å²) in [5, 5.41) is 8.52. The summed E-state index contributed by atoms with van der Waals surface area (Å²) in [5.74, 6) is 0.590. The first-order chi connectivity index (χ1) is 8.02. The molecule has 0 aliphatic heterocycles. The molecular weight excluding hydrogens is 216 g/mol. The molecule has 1 aromatic rings. The number of benzene rings is 1. The van der Waals surface area contributed by atoms with Gasteiger partial charge in [0.05, 0.1) is 13.2 Å². The second-order valence-corrected chi connectivity index (χ2v) is 3.82. The number of nitriles is 1. The van der Waals surface area contributed by atoms with Crippen molar-refractivity contribution >= 4 is 11.6 Å². The van der Waals surface area contributed by atoms with E-state index in [-0.39, 0.29) is 12.3 Å². The van der Waals surface area contributed by atoms with E-state index in [2.05, 4.69) is 0 Å². The number of ether oxygens (including phenoxy) is 1. The highest BCUT2D eigenvalue weighted by atomic mass is 16.5.